The van der Waals surface area contributed by atoms with Crippen LogP contribution in [0.2, 0.25) is 0 Å². The van der Waals surface area contributed by atoms with Gasteiger partial charge in [0.25, 0.3) is 0 Å². The number of nitrogens with zero attached hydrogens (tertiary/aromatic N) is 4. The van der Waals surface area contributed by atoms with Gasteiger partial charge in [-0.3, -0.25) is 14.4 Å². The summed E-state index contributed by atoms with van der Waals surface area (Å²) in [7, 11) is 1.60. The Balaban J connectivity index is 1.81. The Morgan fingerprint density at radius 2 is 1.85 bits per heavy atom. The summed E-state index contributed by atoms with van der Waals surface area (Å²) in [6.07, 6.45) is 2.39. The van der Waals surface area contributed by atoms with Crippen LogP contribution in [0.3, 0.4) is 0 Å². The number of carboxylic acids is 1. The fourth-order valence-corrected chi connectivity index (χ4v) is 4.46. The standard InChI is InChI=1S/C23H32FN5O5/c1-3-4-5-6-11-27-14-19-28(18(22(27)33)12-21(31)32)20(30)15-26(2)29(19)23(34)25-13-16-7-9-17(24)10-8-16/h7-10,18-19H,3-6,11-15H2,1-2H3,(H,25,34)(H,31,32)/t18-,19-/m0/s1. The predicted octanol–water partition coefficient (Wildman–Crippen LogP) is 1.62. The van der Waals surface area contributed by atoms with Crippen molar-refractivity contribution >= 4 is 23.8 Å². The Labute approximate surface area is 198 Å². The smallest absolute Gasteiger partial charge is 0.334 e. The highest BCUT2D eigenvalue weighted by Crippen LogP contribution is 2.27. The highest BCUT2D eigenvalue weighted by molar-refractivity contribution is 5.93. The number of carbonyl (C=O) groups excluding carboxylic acids is 3. The van der Waals surface area contributed by atoms with Gasteiger partial charge >= 0.3 is 12.0 Å². The molecule has 2 heterocycles. The minimum Gasteiger partial charge on any atom is -0.481 e. The van der Waals surface area contributed by atoms with E-state index >= 15 is 0 Å². The number of hydrogen-bond acceptors (Lipinski definition) is 5. The zero-order valence-electron chi connectivity index (χ0n) is 19.6. The van der Waals surface area contributed by atoms with Gasteiger partial charge < -0.3 is 20.2 Å². The molecule has 0 spiro atoms. The summed E-state index contributed by atoms with van der Waals surface area (Å²) in [5, 5.41) is 15.0. The second kappa shape index (κ2) is 11.3. The Kier molecular flexibility index (Phi) is 8.43. The first kappa shape index (κ1) is 25.4. The molecule has 3 rings (SSSR count). The second-order valence-corrected chi connectivity index (χ2v) is 8.69. The number of piperazine rings is 1. The number of hydrogen-bond donors (Lipinski definition) is 2. The van der Waals surface area contributed by atoms with Gasteiger partial charge in [0.05, 0.1) is 19.5 Å². The number of rotatable bonds is 9. The summed E-state index contributed by atoms with van der Waals surface area (Å²) >= 11 is 0. The first-order chi connectivity index (χ1) is 16.2. The summed E-state index contributed by atoms with van der Waals surface area (Å²) in [5.41, 5.74) is 0.697. The summed E-state index contributed by atoms with van der Waals surface area (Å²) in [6.45, 7) is 2.59. The van der Waals surface area contributed by atoms with Crippen LogP contribution in [0.1, 0.15) is 44.6 Å². The van der Waals surface area contributed by atoms with E-state index in [1.165, 1.54) is 27.1 Å². The topological polar surface area (TPSA) is 114 Å². The third-order valence-electron chi connectivity index (χ3n) is 6.15. The van der Waals surface area contributed by atoms with Crippen LogP contribution in [-0.2, 0) is 20.9 Å². The quantitative estimate of drug-likeness (QED) is 0.523. The maximum Gasteiger partial charge on any atom is 0.334 e. The number of likely N-dealkylation sites (N-methyl/N-ethyl adjacent to an activating group) is 1. The molecule has 0 aliphatic carbocycles. The second-order valence-electron chi connectivity index (χ2n) is 8.69. The van der Waals surface area contributed by atoms with Crippen molar-refractivity contribution in [2.24, 2.45) is 0 Å². The van der Waals surface area contributed by atoms with E-state index < -0.39 is 42.4 Å². The fourth-order valence-electron chi connectivity index (χ4n) is 4.46. The highest BCUT2D eigenvalue weighted by Gasteiger charge is 2.51. The van der Waals surface area contributed by atoms with Crippen molar-refractivity contribution in [3.05, 3.63) is 35.6 Å². The van der Waals surface area contributed by atoms with Gasteiger partial charge in [-0.05, 0) is 24.1 Å². The maximum absolute atomic E-state index is 13.2. The molecule has 2 atom stereocenters. The average Bonchev–Trinajstić information content (AvgIpc) is 2.78. The van der Waals surface area contributed by atoms with E-state index in [1.54, 1.807) is 24.1 Å². The summed E-state index contributed by atoms with van der Waals surface area (Å²) in [5.74, 6) is -2.38. The van der Waals surface area contributed by atoms with Gasteiger partial charge in [-0.1, -0.05) is 38.3 Å². The van der Waals surface area contributed by atoms with Crippen LogP contribution in [0, 0.1) is 5.82 Å². The molecule has 34 heavy (non-hydrogen) atoms. The van der Waals surface area contributed by atoms with Gasteiger partial charge in [-0.2, -0.15) is 0 Å². The number of fused-ring (bicyclic) bond motifs is 1. The van der Waals surface area contributed by atoms with Crippen LogP contribution < -0.4 is 5.32 Å². The molecule has 2 aliphatic heterocycles. The molecule has 4 amide bonds. The highest BCUT2D eigenvalue weighted by atomic mass is 19.1. The minimum atomic E-state index is -1.19. The molecular formula is C23H32FN5O5. The van der Waals surface area contributed by atoms with Crippen molar-refractivity contribution in [3.8, 4) is 0 Å². The van der Waals surface area contributed by atoms with E-state index in [9.17, 15) is 28.7 Å². The summed E-state index contributed by atoms with van der Waals surface area (Å²) in [6, 6.07) is 4.06. The van der Waals surface area contributed by atoms with Crippen molar-refractivity contribution in [3.63, 3.8) is 0 Å². The SMILES string of the molecule is CCCCCCN1C[C@H]2N(C(=O)CN(C)N2C(=O)NCc2ccc(F)cc2)[C@@H](CC(=O)O)C1=O. The number of urea groups is 1. The molecule has 0 unspecified atom stereocenters. The van der Waals surface area contributed by atoms with E-state index in [4.69, 9.17) is 0 Å². The van der Waals surface area contributed by atoms with Crippen LogP contribution >= 0.6 is 0 Å². The lowest BCUT2D eigenvalue weighted by molar-refractivity contribution is -0.188. The van der Waals surface area contributed by atoms with Crippen molar-refractivity contribution in [2.75, 3.05) is 26.7 Å². The lowest BCUT2D eigenvalue weighted by Gasteiger charge is -2.54. The number of amides is 4. The molecule has 0 bridgehead atoms. The van der Waals surface area contributed by atoms with Gasteiger partial charge in [-0.25, -0.2) is 19.2 Å². The normalized spacial score (nSPS) is 21.0. The molecule has 0 saturated carbocycles. The number of halogens is 1. The van der Waals surface area contributed by atoms with Gasteiger partial charge in [-0.15, -0.1) is 0 Å². The molecule has 0 aromatic heterocycles. The molecule has 186 valence electrons. The van der Waals surface area contributed by atoms with Gasteiger partial charge in [0.1, 0.15) is 18.0 Å². The zero-order chi connectivity index (χ0) is 24.8. The molecule has 2 fully saturated rings. The Hall–Kier alpha value is -3.21. The van der Waals surface area contributed by atoms with Crippen LogP contribution in [0.15, 0.2) is 24.3 Å². The fraction of sp³-hybridized carbons (Fsp3) is 0.565. The Bertz CT molecular complexity index is 912. The molecule has 2 aliphatic rings. The number of carbonyl (C=O) groups is 4. The monoisotopic (exact) mass is 477 g/mol. The average molecular weight is 478 g/mol. The van der Waals surface area contributed by atoms with E-state index in [2.05, 4.69) is 12.2 Å². The van der Waals surface area contributed by atoms with E-state index in [-0.39, 0.29) is 25.5 Å². The number of unbranched alkanes of at least 4 members (excludes halogenated alkanes) is 3. The molecule has 10 nitrogen and oxygen atoms in total. The Morgan fingerprint density at radius 1 is 1.15 bits per heavy atom. The van der Waals surface area contributed by atoms with Crippen LogP contribution in [0.4, 0.5) is 9.18 Å². The number of aliphatic carboxylic acids is 1. The third kappa shape index (κ3) is 5.82. The number of nitrogens with one attached hydrogen (secondary N) is 1. The van der Waals surface area contributed by atoms with E-state index in [0.29, 0.717) is 12.1 Å². The first-order valence-electron chi connectivity index (χ1n) is 11.6. The van der Waals surface area contributed by atoms with Crippen molar-refractivity contribution in [2.45, 2.75) is 57.8 Å². The van der Waals surface area contributed by atoms with Gasteiger partial charge in [0.15, 0.2) is 0 Å². The molecule has 11 heteroatoms. The van der Waals surface area contributed by atoms with E-state index in [1.807, 2.05) is 0 Å². The lowest BCUT2D eigenvalue weighted by atomic mass is 10.0. The molecule has 0 radical (unpaired) electrons. The molecule has 2 saturated heterocycles. The summed E-state index contributed by atoms with van der Waals surface area (Å²) < 4.78 is 13.2. The first-order valence-corrected chi connectivity index (χ1v) is 11.6. The Morgan fingerprint density at radius 3 is 2.50 bits per heavy atom. The van der Waals surface area contributed by atoms with Crippen LogP contribution in [0.25, 0.3) is 0 Å². The van der Waals surface area contributed by atoms with E-state index in [0.717, 1.165) is 25.7 Å². The number of carboxylic acid groups (broad SMARTS) is 1. The van der Waals surface area contributed by atoms with Crippen molar-refractivity contribution in [1.29, 1.82) is 0 Å². The minimum absolute atomic E-state index is 0.0983. The largest absolute Gasteiger partial charge is 0.481 e. The molecule has 1 aromatic carbocycles. The third-order valence-corrected chi connectivity index (χ3v) is 6.15. The number of benzene rings is 1. The van der Waals surface area contributed by atoms with Crippen molar-refractivity contribution in [1.82, 2.24) is 25.1 Å². The van der Waals surface area contributed by atoms with Gasteiger partial charge in [0.2, 0.25) is 11.8 Å². The maximum atomic E-state index is 13.2. The predicted molar refractivity (Wildman–Crippen MR) is 121 cm³/mol. The number of hydrazine groups is 1. The molecular weight excluding hydrogens is 445 g/mol. The van der Waals surface area contributed by atoms with Gasteiger partial charge in [0, 0.05) is 20.1 Å². The zero-order valence-corrected chi connectivity index (χ0v) is 19.6. The lowest BCUT2D eigenvalue weighted by Crippen LogP contribution is -2.76. The molecule has 2 N–H and O–H groups in total. The van der Waals surface area contributed by atoms with Crippen LogP contribution in [-0.4, -0.2) is 87.6 Å². The molecule has 1 aromatic rings. The van der Waals surface area contributed by atoms with Crippen molar-refractivity contribution < 1.29 is 28.7 Å². The van der Waals surface area contributed by atoms with Crippen LogP contribution in [0.5, 0.6) is 0 Å². The summed E-state index contributed by atoms with van der Waals surface area (Å²) in [4.78, 5) is 53.5.